The van der Waals surface area contributed by atoms with Crippen molar-refractivity contribution in [3.8, 4) is 0 Å². The SMILES string of the molecule is CCCC(O)COC1CCC(C)(C)CC1. The van der Waals surface area contributed by atoms with Crippen LogP contribution in [-0.4, -0.2) is 23.9 Å². The monoisotopic (exact) mass is 214 g/mol. The standard InChI is InChI=1S/C13H26O2/c1-4-5-11(14)10-15-12-6-8-13(2,3)9-7-12/h11-12,14H,4-10H2,1-3H3. The van der Waals surface area contributed by atoms with Gasteiger partial charge in [0.2, 0.25) is 0 Å². The van der Waals surface area contributed by atoms with Gasteiger partial charge in [-0.25, -0.2) is 0 Å². The molecular formula is C13H26O2. The van der Waals surface area contributed by atoms with E-state index in [2.05, 4.69) is 20.8 Å². The fourth-order valence-corrected chi connectivity index (χ4v) is 2.20. The highest BCUT2D eigenvalue weighted by Gasteiger charge is 2.27. The number of ether oxygens (including phenoxy) is 1. The number of rotatable bonds is 5. The van der Waals surface area contributed by atoms with Gasteiger partial charge in [0.1, 0.15) is 0 Å². The summed E-state index contributed by atoms with van der Waals surface area (Å²) in [7, 11) is 0. The highest BCUT2D eigenvalue weighted by molar-refractivity contribution is 4.78. The summed E-state index contributed by atoms with van der Waals surface area (Å²) in [6.07, 6.45) is 6.84. The van der Waals surface area contributed by atoms with Gasteiger partial charge in [-0.2, -0.15) is 0 Å². The molecule has 1 aliphatic rings. The predicted molar refractivity (Wildman–Crippen MR) is 62.9 cm³/mol. The lowest BCUT2D eigenvalue weighted by Gasteiger charge is -2.34. The zero-order valence-electron chi connectivity index (χ0n) is 10.5. The van der Waals surface area contributed by atoms with Crippen LogP contribution in [0.5, 0.6) is 0 Å². The molecule has 1 aliphatic carbocycles. The zero-order valence-corrected chi connectivity index (χ0v) is 10.5. The largest absolute Gasteiger partial charge is 0.391 e. The fourth-order valence-electron chi connectivity index (χ4n) is 2.20. The molecule has 1 fully saturated rings. The first-order valence-electron chi connectivity index (χ1n) is 6.33. The second-order valence-electron chi connectivity index (χ2n) is 5.64. The third kappa shape index (κ3) is 4.98. The maximum absolute atomic E-state index is 9.56. The Hall–Kier alpha value is -0.0800. The second-order valence-corrected chi connectivity index (χ2v) is 5.64. The van der Waals surface area contributed by atoms with E-state index in [1.807, 2.05) is 0 Å². The van der Waals surface area contributed by atoms with Crippen LogP contribution in [0.3, 0.4) is 0 Å². The van der Waals surface area contributed by atoms with E-state index in [-0.39, 0.29) is 6.10 Å². The molecule has 0 heterocycles. The topological polar surface area (TPSA) is 29.5 Å². The lowest BCUT2D eigenvalue weighted by Crippen LogP contribution is -2.29. The molecule has 0 spiro atoms. The van der Waals surface area contributed by atoms with Crippen molar-refractivity contribution < 1.29 is 9.84 Å². The smallest absolute Gasteiger partial charge is 0.0773 e. The lowest BCUT2D eigenvalue weighted by molar-refractivity contribution is -0.0390. The van der Waals surface area contributed by atoms with Gasteiger partial charge >= 0.3 is 0 Å². The summed E-state index contributed by atoms with van der Waals surface area (Å²) in [6.45, 7) is 7.27. The molecule has 0 aliphatic heterocycles. The average Bonchev–Trinajstić information content (AvgIpc) is 2.17. The zero-order chi connectivity index (χ0) is 11.3. The molecule has 0 radical (unpaired) electrons. The maximum Gasteiger partial charge on any atom is 0.0773 e. The minimum absolute atomic E-state index is 0.259. The molecule has 1 saturated carbocycles. The Morgan fingerprint density at radius 3 is 2.47 bits per heavy atom. The van der Waals surface area contributed by atoms with Crippen molar-refractivity contribution in [3.05, 3.63) is 0 Å². The van der Waals surface area contributed by atoms with Crippen LogP contribution in [0.25, 0.3) is 0 Å². The summed E-state index contributed by atoms with van der Waals surface area (Å²) in [5, 5.41) is 9.56. The molecule has 1 N–H and O–H groups in total. The summed E-state index contributed by atoms with van der Waals surface area (Å²) in [5.41, 5.74) is 0.502. The van der Waals surface area contributed by atoms with Crippen LogP contribution >= 0.6 is 0 Å². The van der Waals surface area contributed by atoms with Crippen molar-refractivity contribution in [1.29, 1.82) is 0 Å². The molecule has 0 aromatic heterocycles. The molecule has 2 heteroatoms. The molecule has 0 saturated heterocycles. The van der Waals surface area contributed by atoms with E-state index in [0.717, 1.165) is 25.7 Å². The Morgan fingerprint density at radius 1 is 1.33 bits per heavy atom. The maximum atomic E-state index is 9.56. The normalized spacial score (nSPS) is 24.0. The van der Waals surface area contributed by atoms with Crippen molar-refractivity contribution in [2.45, 2.75) is 71.5 Å². The van der Waals surface area contributed by atoms with Crippen LogP contribution in [-0.2, 0) is 4.74 Å². The van der Waals surface area contributed by atoms with E-state index in [1.165, 1.54) is 12.8 Å². The van der Waals surface area contributed by atoms with Crippen molar-refractivity contribution >= 4 is 0 Å². The Labute approximate surface area is 94.0 Å². The molecule has 1 rings (SSSR count). The molecule has 0 aromatic rings. The summed E-state index contributed by atoms with van der Waals surface area (Å²) in [4.78, 5) is 0. The molecule has 1 atom stereocenters. The van der Waals surface area contributed by atoms with Gasteiger partial charge in [-0.05, 0) is 37.5 Å². The first-order chi connectivity index (χ1) is 7.03. The number of aliphatic hydroxyl groups is 1. The van der Waals surface area contributed by atoms with Gasteiger partial charge in [-0.15, -0.1) is 0 Å². The molecule has 1 unspecified atom stereocenters. The van der Waals surface area contributed by atoms with E-state index in [9.17, 15) is 5.11 Å². The summed E-state index contributed by atoms with van der Waals surface area (Å²) in [6, 6.07) is 0. The minimum atomic E-state index is -0.259. The number of hydrogen-bond donors (Lipinski definition) is 1. The van der Waals surface area contributed by atoms with Crippen LogP contribution < -0.4 is 0 Å². The van der Waals surface area contributed by atoms with Gasteiger partial charge in [-0.3, -0.25) is 0 Å². The third-order valence-electron chi connectivity index (χ3n) is 3.43. The van der Waals surface area contributed by atoms with Crippen LogP contribution in [0.2, 0.25) is 0 Å². The van der Waals surface area contributed by atoms with E-state index in [0.29, 0.717) is 18.1 Å². The second kappa shape index (κ2) is 5.86. The molecule has 2 nitrogen and oxygen atoms in total. The van der Waals surface area contributed by atoms with E-state index < -0.39 is 0 Å². The highest BCUT2D eigenvalue weighted by atomic mass is 16.5. The van der Waals surface area contributed by atoms with Crippen LogP contribution in [0.1, 0.15) is 59.3 Å². The number of aliphatic hydroxyl groups excluding tert-OH is 1. The first-order valence-corrected chi connectivity index (χ1v) is 6.33. The van der Waals surface area contributed by atoms with Crippen LogP contribution in [0.15, 0.2) is 0 Å². The summed E-state index contributed by atoms with van der Waals surface area (Å²) < 4.78 is 5.74. The average molecular weight is 214 g/mol. The Bertz CT molecular complexity index is 167. The van der Waals surface area contributed by atoms with Gasteiger partial charge in [0.05, 0.1) is 18.8 Å². The Morgan fingerprint density at radius 2 is 1.93 bits per heavy atom. The number of hydrogen-bond acceptors (Lipinski definition) is 2. The predicted octanol–water partition coefficient (Wildman–Crippen LogP) is 3.13. The van der Waals surface area contributed by atoms with Gasteiger partial charge in [0.15, 0.2) is 0 Å². The van der Waals surface area contributed by atoms with Crippen LogP contribution in [0, 0.1) is 5.41 Å². The van der Waals surface area contributed by atoms with Gasteiger partial charge in [-0.1, -0.05) is 27.2 Å². The quantitative estimate of drug-likeness (QED) is 0.762. The van der Waals surface area contributed by atoms with Crippen molar-refractivity contribution in [3.63, 3.8) is 0 Å². The van der Waals surface area contributed by atoms with E-state index in [4.69, 9.17) is 4.74 Å². The Balaban J connectivity index is 2.13. The van der Waals surface area contributed by atoms with Crippen molar-refractivity contribution in [1.82, 2.24) is 0 Å². The third-order valence-corrected chi connectivity index (χ3v) is 3.43. The van der Waals surface area contributed by atoms with Crippen molar-refractivity contribution in [2.24, 2.45) is 5.41 Å². The molecule has 0 aromatic carbocycles. The first kappa shape index (κ1) is 13.0. The Kier molecular flexibility index (Phi) is 5.07. The molecular weight excluding hydrogens is 188 g/mol. The summed E-state index contributed by atoms with van der Waals surface area (Å²) >= 11 is 0. The molecule has 90 valence electrons. The van der Waals surface area contributed by atoms with Gasteiger partial charge < -0.3 is 9.84 Å². The molecule has 15 heavy (non-hydrogen) atoms. The van der Waals surface area contributed by atoms with Crippen LogP contribution in [0.4, 0.5) is 0 Å². The van der Waals surface area contributed by atoms with Gasteiger partial charge in [0, 0.05) is 0 Å². The highest BCUT2D eigenvalue weighted by Crippen LogP contribution is 2.36. The van der Waals surface area contributed by atoms with E-state index in [1.54, 1.807) is 0 Å². The molecule has 0 bridgehead atoms. The van der Waals surface area contributed by atoms with Crippen molar-refractivity contribution in [2.75, 3.05) is 6.61 Å². The minimum Gasteiger partial charge on any atom is -0.391 e. The van der Waals surface area contributed by atoms with Gasteiger partial charge in [0.25, 0.3) is 0 Å². The summed E-state index contributed by atoms with van der Waals surface area (Å²) in [5.74, 6) is 0. The van der Waals surface area contributed by atoms with E-state index >= 15 is 0 Å². The molecule has 0 amide bonds. The lowest BCUT2D eigenvalue weighted by atomic mass is 9.76. The fraction of sp³-hybridized carbons (Fsp3) is 1.00.